The maximum absolute atomic E-state index is 14.0. The van der Waals surface area contributed by atoms with Gasteiger partial charge in [0.1, 0.15) is 30.2 Å². The normalized spacial score (nSPS) is 37.6. The van der Waals surface area contributed by atoms with Gasteiger partial charge in [-0.2, -0.15) is 0 Å². The zero-order valence-electron chi connectivity index (χ0n) is 29.4. The lowest BCUT2D eigenvalue weighted by molar-refractivity contribution is -0.194. The highest BCUT2D eigenvalue weighted by Crippen LogP contribution is 2.86. The van der Waals surface area contributed by atoms with E-state index in [1.165, 1.54) is 20.8 Å². The predicted molar refractivity (Wildman–Crippen MR) is 173 cm³/mol. The van der Waals surface area contributed by atoms with Gasteiger partial charge in [0.05, 0.1) is 11.5 Å². The van der Waals surface area contributed by atoms with Crippen LogP contribution in [0.4, 0.5) is 0 Å². The number of carbonyl (C=O) groups excluding carboxylic acids is 5. The number of carbonyl (C=O) groups is 5. The summed E-state index contributed by atoms with van der Waals surface area (Å²) in [6.45, 7) is 16.1. The van der Waals surface area contributed by atoms with Gasteiger partial charge in [0.2, 0.25) is 0 Å². The van der Waals surface area contributed by atoms with Crippen molar-refractivity contribution in [1.82, 2.24) is 4.90 Å². The molecule has 2 bridgehead atoms. The van der Waals surface area contributed by atoms with Crippen LogP contribution in [-0.2, 0) is 42.9 Å². The minimum absolute atomic E-state index is 0.102. The largest absolute Gasteiger partial charge is 0.461 e. The fraction of sp³-hybridized carbons (Fsp3) is 0.649. The second-order valence-corrected chi connectivity index (χ2v) is 15.2. The van der Waals surface area contributed by atoms with E-state index in [-0.39, 0.29) is 25.0 Å². The van der Waals surface area contributed by atoms with E-state index in [1.807, 2.05) is 51.1 Å². The van der Waals surface area contributed by atoms with Crippen molar-refractivity contribution in [3.8, 4) is 0 Å². The van der Waals surface area contributed by atoms with Crippen molar-refractivity contribution >= 4 is 29.7 Å². The van der Waals surface area contributed by atoms with Gasteiger partial charge in [-0.25, -0.2) is 4.79 Å². The van der Waals surface area contributed by atoms with Gasteiger partial charge in [0.15, 0.2) is 6.10 Å². The second kappa shape index (κ2) is 12.1. The Labute approximate surface area is 282 Å². The number of likely N-dealkylation sites (N-methyl/N-ethyl adjacent to an activating group) is 1. The third-order valence-corrected chi connectivity index (χ3v) is 12.5. The molecule has 0 aromatic heterocycles. The maximum atomic E-state index is 14.0. The molecule has 11 heteroatoms. The highest BCUT2D eigenvalue weighted by atomic mass is 16.6. The molecule has 5 rings (SSSR count). The topological polar surface area (TPSA) is 146 Å². The summed E-state index contributed by atoms with van der Waals surface area (Å²) in [7, 11) is 3.52. The van der Waals surface area contributed by atoms with Crippen LogP contribution in [0.1, 0.15) is 79.3 Å². The molecule has 0 aliphatic heterocycles. The van der Waals surface area contributed by atoms with E-state index in [0.717, 1.165) is 5.56 Å². The summed E-state index contributed by atoms with van der Waals surface area (Å²) in [5, 5.41) is 11.4. The first-order valence-electron chi connectivity index (χ1n) is 16.7. The first-order valence-corrected chi connectivity index (χ1v) is 16.7. The number of ether oxygens (including phenoxy) is 4. The van der Waals surface area contributed by atoms with E-state index in [4.69, 9.17) is 18.9 Å². The van der Waals surface area contributed by atoms with Crippen molar-refractivity contribution in [1.29, 1.82) is 0 Å². The summed E-state index contributed by atoms with van der Waals surface area (Å²) in [5.41, 5.74) is -3.48. The zero-order valence-corrected chi connectivity index (χ0v) is 29.4. The van der Waals surface area contributed by atoms with E-state index in [1.54, 1.807) is 25.9 Å². The van der Waals surface area contributed by atoms with Gasteiger partial charge in [-0.15, -0.1) is 0 Å². The number of benzene rings is 1. The summed E-state index contributed by atoms with van der Waals surface area (Å²) in [5.74, 6) is -4.04. The Bertz CT molecular complexity index is 1520. The van der Waals surface area contributed by atoms with Gasteiger partial charge in [-0.05, 0) is 43.5 Å². The van der Waals surface area contributed by atoms with Crippen molar-refractivity contribution in [3.05, 3.63) is 48.0 Å². The van der Waals surface area contributed by atoms with E-state index in [2.05, 4.69) is 6.58 Å². The van der Waals surface area contributed by atoms with E-state index >= 15 is 0 Å². The molecule has 11 nitrogen and oxygen atoms in total. The number of aliphatic hydroxyl groups is 1. The Morgan fingerprint density at radius 1 is 0.896 bits per heavy atom. The molecule has 4 fully saturated rings. The molecule has 1 N–H and O–H groups in total. The quantitative estimate of drug-likeness (QED) is 0.244. The molecule has 11 atom stereocenters. The van der Waals surface area contributed by atoms with Crippen molar-refractivity contribution in [2.24, 2.45) is 33.5 Å². The van der Waals surface area contributed by atoms with Crippen LogP contribution in [0, 0.1) is 33.5 Å². The van der Waals surface area contributed by atoms with Crippen LogP contribution in [0.2, 0.25) is 0 Å². The van der Waals surface area contributed by atoms with Gasteiger partial charge in [0, 0.05) is 49.9 Å². The number of hydrogen-bond donors (Lipinski definition) is 1. The van der Waals surface area contributed by atoms with Crippen molar-refractivity contribution < 1.29 is 48.0 Å². The van der Waals surface area contributed by atoms with Crippen LogP contribution < -0.4 is 0 Å². The van der Waals surface area contributed by atoms with Crippen LogP contribution in [0.25, 0.3) is 0 Å². The highest BCUT2D eigenvalue weighted by Gasteiger charge is 2.92. The Kier molecular flexibility index (Phi) is 9.00. The number of fused-ring (bicyclic) bond motifs is 1. The standard InChI is InChI=1S/C37H49NO10/c1-19-26(42)18-25-30(45-21(3)39)37-20(2)27(48-33(44)29(43)28(38(9)10)24-14-12-11-13-15-24)16-17-35(37,8)31(46-22(4)40)32(47-23(5)41)36(19,37)34(25,6)7/h11-15,19,25,27-32,43H,2,16-18H2,1,3-10H3/t19-,25+,27+,28-,29-,30-,31+,32+,35+,36-,37-/m1/s1. The molecule has 48 heavy (non-hydrogen) atoms. The van der Waals surface area contributed by atoms with Gasteiger partial charge >= 0.3 is 23.9 Å². The van der Waals surface area contributed by atoms with E-state index < -0.39 is 93.9 Å². The summed E-state index contributed by atoms with van der Waals surface area (Å²) in [4.78, 5) is 68.2. The van der Waals surface area contributed by atoms with Gasteiger partial charge in [0.25, 0.3) is 0 Å². The molecule has 0 amide bonds. The fourth-order valence-corrected chi connectivity index (χ4v) is 11.0. The third kappa shape index (κ3) is 4.63. The number of hydrogen-bond acceptors (Lipinski definition) is 11. The van der Waals surface area contributed by atoms with Gasteiger partial charge in [-0.3, -0.25) is 24.1 Å². The summed E-state index contributed by atoms with van der Waals surface area (Å²) in [6, 6.07) is 8.42. The number of nitrogens with zero attached hydrogens (tertiary/aromatic N) is 1. The molecule has 0 heterocycles. The molecular formula is C37H49NO10. The van der Waals surface area contributed by atoms with E-state index in [9.17, 15) is 29.1 Å². The predicted octanol–water partition coefficient (Wildman–Crippen LogP) is 3.96. The lowest BCUT2D eigenvalue weighted by Gasteiger charge is -2.60. The summed E-state index contributed by atoms with van der Waals surface area (Å²) in [6.07, 6.45) is -5.04. The Morgan fingerprint density at radius 2 is 1.44 bits per heavy atom. The fourth-order valence-electron chi connectivity index (χ4n) is 11.0. The molecule has 262 valence electrons. The maximum Gasteiger partial charge on any atom is 0.337 e. The Balaban J connectivity index is 1.71. The second-order valence-electron chi connectivity index (χ2n) is 15.2. The number of ketones is 1. The van der Waals surface area contributed by atoms with Gasteiger partial charge < -0.3 is 24.1 Å². The van der Waals surface area contributed by atoms with E-state index in [0.29, 0.717) is 5.57 Å². The Hall–Kier alpha value is -3.57. The summed E-state index contributed by atoms with van der Waals surface area (Å²) >= 11 is 0. The zero-order chi connectivity index (χ0) is 35.7. The molecule has 4 aliphatic carbocycles. The van der Waals surface area contributed by atoms with Crippen molar-refractivity contribution in [2.45, 2.75) is 104 Å². The molecule has 0 saturated heterocycles. The first-order chi connectivity index (χ1) is 22.3. The molecule has 4 aliphatic rings. The highest BCUT2D eigenvalue weighted by molar-refractivity contribution is 5.86. The van der Waals surface area contributed by atoms with Crippen LogP contribution in [-0.4, -0.2) is 84.3 Å². The number of Topliss-reactive ketones (excluding diaryl/α,β-unsaturated/α-hetero) is 1. The first kappa shape index (κ1) is 35.7. The van der Waals surface area contributed by atoms with Gasteiger partial charge in [-0.1, -0.05) is 64.6 Å². The molecule has 1 aromatic rings. The van der Waals surface area contributed by atoms with Crippen molar-refractivity contribution in [2.75, 3.05) is 14.1 Å². The Morgan fingerprint density at radius 3 is 1.98 bits per heavy atom. The molecule has 0 radical (unpaired) electrons. The SMILES string of the molecule is C=C1[C@@H](OC(=O)[C@H](O)[C@@H](c2ccccc2)N(C)C)CC[C@@]2(C)[C@@H](OC(C)=O)[C@H](OC(C)=O)[C@@]34[C@H](C)C(=O)C[C@@H]([C@@H](OC(C)=O)[C@@]132)C4(C)C. The van der Waals surface area contributed by atoms with Crippen LogP contribution in [0.5, 0.6) is 0 Å². The lowest BCUT2D eigenvalue weighted by Crippen LogP contribution is -2.63. The molecule has 0 unspecified atom stereocenters. The van der Waals surface area contributed by atoms with Crippen LogP contribution in [0.15, 0.2) is 42.5 Å². The smallest absolute Gasteiger partial charge is 0.337 e. The molecule has 4 saturated carbocycles. The summed E-state index contributed by atoms with van der Waals surface area (Å²) < 4.78 is 24.7. The van der Waals surface area contributed by atoms with Crippen molar-refractivity contribution in [3.63, 3.8) is 0 Å². The monoisotopic (exact) mass is 667 g/mol. The number of esters is 4. The van der Waals surface area contributed by atoms with Crippen LogP contribution in [0.3, 0.4) is 0 Å². The average molecular weight is 668 g/mol. The molecule has 1 aromatic carbocycles. The number of rotatable bonds is 8. The average Bonchev–Trinajstić information content (AvgIpc) is 3.23. The molecule has 2 spiro atoms. The molecular weight excluding hydrogens is 618 g/mol. The number of aliphatic hydroxyl groups excluding tert-OH is 1. The lowest BCUT2D eigenvalue weighted by atomic mass is 9.42. The minimum Gasteiger partial charge on any atom is -0.461 e. The third-order valence-electron chi connectivity index (χ3n) is 12.5. The minimum atomic E-state index is -1.56. The van der Waals surface area contributed by atoms with Crippen LogP contribution >= 0.6 is 0 Å².